The van der Waals surface area contributed by atoms with Crippen LogP contribution in [0.25, 0.3) is 28.1 Å². The minimum Gasteiger partial charge on any atom is -0.480 e. The van der Waals surface area contributed by atoms with E-state index >= 15 is 0 Å². The van der Waals surface area contributed by atoms with Gasteiger partial charge >= 0.3 is 0 Å². The lowest BCUT2D eigenvalue weighted by molar-refractivity contribution is 0.0864. The molecule has 0 spiro atoms. The number of aromatic nitrogens is 3. The number of fused-ring (bicyclic) bond motifs is 2. The molecule has 1 fully saturated rings. The summed E-state index contributed by atoms with van der Waals surface area (Å²) in [6.45, 7) is 1.32. The van der Waals surface area contributed by atoms with Crippen LogP contribution in [0.2, 0.25) is 10.0 Å². The van der Waals surface area contributed by atoms with Gasteiger partial charge in [-0.25, -0.2) is 14.4 Å². The summed E-state index contributed by atoms with van der Waals surface area (Å²) >= 11 is 12.6. The van der Waals surface area contributed by atoms with Crippen molar-refractivity contribution >= 4 is 45.6 Å². The first-order chi connectivity index (χ1) is 19.0. The molecule has 3 heterocycles. The highest BCUT2D eigenvalue weighted by Gasteiger charge is 2.20. The highest BCUT2D eigenvalue weighted by atomic mass is 35.5. The second-order valence-electron chi connectivity index (χ2n) is 9.19. The molecule has 6 rings (SSSR count). The van der Waals surface area contributed by atoms with Crippen LogP contribution in [-0.2, 0) is 4.74 Å². The van der Waals surface area contributed by atoms with E-state index in [4.69, 9.17) is 42.7 Å². The number of hydrogen-bond acceptors (Lipinski definition) is 6. The lowest BCUT2D eigenvalue weighted by atomic mass is 10.1. The van der Waals surface area contributed by atoms with Crippen LogP contribution < -0.4 is 15.4 Å². The molecular weight excluding hydrogens is 540 g/mol. The largest absolute Gasteiger partial charge is 0.480 e. The van der Waals surface area contributed by atoms with Gasteiger partial charge in [0.2, 0.25) is 5.88 Å². The molecule has 10 heteroatoms. The van der Waals surface area contributed by atoms with E-state index in [1.807, 2.05) is 34.9 Å². The first-order valence-electron chi connectivity index (χ1n) is 12.5. The third kappa shape index (κ3) is 5.15. The molecule has 0 saturated carbocycles. The van der Waals surface area contributed by atoms with E-state index in [0.29, 0.717) is 51.6 Å². The Bertz CT molecular complexity index is 1720. The number of halogens is 3. The van der Waals surface area contributed by atoms with Gasteiger partial charge in [-0.2, -0.15) is 0 Å². The maximum atomic E-state index is 14.5. The maximum absolute atomic E-state index is 14.5. The van der Waals surface area contributed by atoms with Crippen molar-refractivity contribution in [3.63, 3.8) is 0 Å². The fourth-order valence-corrected chi connectivity index (χ4v) is 5.07. The molecular formula is C29H24Cl2FN5O2. The lowest BCUT2D eigenvalue weighted by Crippen LogP contribution is -2.23. The van der Waals surface area contributed by atoms with Gasteiger partial charge in [-0.3, -0.25) is 4.99 Å². The average molecular weight is 564 g/mol. The third-order valence-electron chi connectivity index (χ3n) is 6.66. The van der Waals surface area contributed by atoms with Gasteiger partial charge in [-0.05, 0) is 67.4 Å². The van der Waals surface area contributed by atoms with Crippen molar-refractivity contribution in [2.75, 3.05) is 25.6 Å². The molecule has 1 aliphatic carbocycles. The first-order valence-corrected chi connectivity index (χ1v) is 13.2. The Morgan fingerprint density at radius 3 is 2.67 bits per heavy atom. The highest BCUT2D eigenvalue weighted by Crippen LogP contribution is 2.34. The Kier molecular flexibility index (Phi) is 7.08. The summed E-state index contributed by atoms with van der Waals surface area (Å²) < 4.78 is 27.4. The number of rotatable bonds is 5. The molecule has 3 aromatic rings. The molecule has 1 saturated heterocycles. The van der Waals surface area contributed by atoms with E-state index in [1.165, 1.54) is 12.1 Å². The van der Waals surface area contributed by atoms with Gasteiger partial charge in [0.1, 0.15) is 11.5 Å². The van der Waals surface area contributed by atoms with Crippen LogP contribution in [0, 0.1) is 5.82 Å². The van der Waals surface area contributed by atoms with E-state index in [1.54, 1.807) is 31.5 Å². The average Bonchev–Trinajstić information content (AvgIpc) is 2.95. The summed E-state index contributed by atoms with van der Waals surface area (Å²) in [7, 11) is 1.58. The third-order valence-corrected chi connectivity index (χ3v) is 7.40. The van der Waals surface area contributed by atoms with Crippen molar-refractivity contribution in [1.82, 2.24) is 14.5 Å². The summed E-state index contributed by atoms with van der Waals surface area (Å²) in [4.78, 5) is 14.3. The van der Waals surface area contributed by atoms with E-state index < -0.39 is 0 Å². The molecule has 0 amide bonds. The molecule has 2 aliphatic heterocycles. The summed E-state index contributed by atoms with van der Waals surface area (Å²) in [6, 6.07) is 17.6. The topological polar surface area (TPSA) is 73.6 Å². The minimum atomic E-state index is -0.369. The van der Waals surface area contributed by atoms with E-state index in [9.17, 15) is 4.39 Å². The van der Waals surface area contributed by atoms with E-state index in [2.05, 4.69) is 10.3 Å². The second kappa shape index (κ2) is 10.8. The predicted octanol–water partition coefficient (Wildman–Crippen LogP) is 6.80. The minimum absolute atomic E-state index is 0.0943. The molecule has 7 nitrogen and oxygen atoms in total. The molecule has 1 N–H and O–H groups in total. The van der Waals surface area contributed by atoms with Gasteiger partial charge in [-0.15, -0.1) is 0 Å². The van der Waals surface area contributed by atoms with Crippen molar-refractivity contribution in [2.45, 2.75) is 18.9 Å². The Morgan fingerprint density at radius 1 is 1.03 bits per heavy atom. The number of ether oxygens (including phenoxy) is 2. The van der Waals surface area contributed by atoms with Gasteiger partial charge < -0.3 is 19.4 Å². The number of hydrogen-bond donors (Lipinski definition) is 1. The van der Waals surface area contributed by atoms with Crippen molar-refractivity contribution < 1.29 is 13.9 Å². The Hall–Kier alpha value is -3.72. The van der Waals surface area contributed by atoms with Gasteiger partial charge in [0, 0.05) is 31.2 Å². The van der Waals surface area contributed by atoms with Gasteiger partial charge in [0.25, 0.3) is 0 Å². The maximum Gasteiger partial charge on any atom is 0.237 e. The summed E-state index contributed by atoms with van der Waals surface area (Å²) in [5.41, 5.74) is 4.79. The molecule has 0 bridgehead atoms. The Balaban J connectivity index is 1.65. The summed E-state index contributed by atoms with van der Waals surface area (Å²) in [5.74, 6) is 0.0916. The fraction of sp³-hybridized carbons (Fsp3) is 0.207. The highest BCUT2D eigenvalue weighted by molar-refractivity contribution is 6.42. The second-order valence-corrected chi connectivity index (χ2v) is 10.0. The SMILES string of the molecule is COc1ncccc1Nc1cc2nc3ccc(F)cc3n(-c3ccc(Cl)c(Cl)c3)c-2cc1=NC1CCOCC1. The van der Waals surface area contributed by atoms with Crippen LogP contribution in [0.1, 0.15) is 12.8 Å². The molecule has 1 aromatic heterocycles. The zero-order valence-corrected chi connectivity index (χ0v) is 22.5. The van der Waals surface area contributed by atoms with Gasteiger partial charge in [-0.1, -0.05) is 23.2 Å². The smallest absolute Gasteiger partial charge is 0.237 e. The number of anilines is 2. The summed E-state index contributed by atoms with van der Waals surface area (Å²) in [6.07, 6.45) is 3.31. The standard InChI is InChI=1S/C29H24Cl2FN5O2/c1-38-29-23(3-2-10-33-29)36-24-15-26-28(16-25(24)34-18-8-11-39-12-9-18)37(19-5-6-20(30)21(31)14-19)27-13-17(32)4-7-22(27)35-26/h2-7,10,13-16,18,36H,8-9,11-12H2,1H3. The Morgan fingerprint density at radius 2 is 1.87 bits per heavy atom. The van der Waals surface area contributed by atoms with Crippen molar-refractivity contribution in [3.8, 4) is 23.0 Å². The van der Waals surface area contributed by atoms with Gasteiger partial charge in [0.15, 0.2) is 0 Å². The quantitative estimate of drug-likeness (QED) is 0.238. The molecule has 0 unspecified atom stereocenters. The number of methoxy groups -OCH3 is 1. The molecule has 39 heavy (non-hydrogen) atoms. The van der Waals surface area contributed by atoms with Crippen molar-refractivity contribution in [1.29, 1.82) is 0 Å². The molecule has 2 aromatic carbocycles. The van der Waals surface area contributed by atoms with E-state index in [-0.39, 0.29) is 11.9 Å². The molecule has 3 aliphatic rings. The number of nitrogens with one attached hydrogen (secondary N) is 1. The zero-order chi connectivity index (χ0) is 26.9. The Labute approximate surface area is 234 Å². The van der Waals surface area contributed by atoms with Crippen molar-refractivity contribution in [2.24, 2.45) is 4.99 Å². The molecule has 198 valence electrons. The normalized spacial score (nSPS) is 14.7. The first kappa shape index (κ1) is 25.6. The van der Waals surface area contributed by atoms with Crippen LogP contribution in [0.5, 0.6) is 5.88 Å². The van der Waals surface area contributed by atoms with E-state index in [0.717, 1.165) is 35.3 Å². The lowest BCUT2D eigenvalue weighted by Gasteiger charge is -2.22. The molecule has 0 atom stereocenters. The van der Waals surface area contributed by atoms with Crippen LogP contribution in [-0.4, -0.2) is 40.9 Å². The van der Waals surface area contributed by atoms with Crippen LogP contribution in [0.15, 0.2) is 71.9 Å². The molecule has 0 radical (unpaired) electrons. The number of nitrogens with zero attached hydrogens (tertiary/aromatic N) is 4. The van der Waals surface area contributed by atoms with Crippen molar-refractivity contribution in [3.05, 3.63) is 88.1 Å². The van der Waals surface area contributed by atoms with Crippen LogP contribution in [0.4, 0.5) is 15.8 Å². The zero-order valence-electron chi connectivity index (χ0n) is 21.0. The van der Waals surface area contributed by atoms with Gasteiger partial charge in [0.05, 0.1) is 56.7 Å². The predicted molar refractivity (Wildman–Crippen MR) is 151 cm³/mol. The van der Waals surface area contributed by atoms with Crippen LogP contribution in [0.3, 0.4) is 0 Å². The fourth-order valence-electron chi connectivity index (χ4n) is 4.78. The monoisotopic (exact) mass is 563 g/mol. The summed E-state index contributed by atoms with van der Waals surface area (Å²) in [5, 5.41) is 5.00. The van der Waals surface area contributed by atoms with Crippen LogP contribution >= 0.6 is 23.2 Å². The number of benzene rings is 3. The number of pyridine rings is 1.